The zero-order valence-corrected chi connectivity index (χ0v) is 20.6. The molecule has 188 valence electrons. The van der Waals surface area contributed by atoms with Crippen LogP contribution in [-0.4, -0.2) is 65.5 Å². The molecule has 0 unspecified atom stereocenters. The Labute approximate surface area is 195 Å². The van der Waals surface area contributed by atoms with E-state index in [2.05, 4.69) is 10.6 Å². The van der Waals surface area contributed by atoms with E-state index >= 15 is 0 Å². The van der Waals surface area contributed by atoms with Crippen LogP contribution in [-0.2, 0) is 28.6 Å². The lowest BCUT2D eigenvalue weighted by molar-refractivity contribution is -0.156. The summed E-state index contributed by atoms with van der Waals surface area (Å²) in [5.41, 5.74) is -2.34. The van der Waals surface area contributed by atoms with Crippen LogP contribution in [0.2, 0.25) is 0 Å². The smallest absolute Gasteiger partial charge is 0.408 e. The summed E-state index contributed by atoms with van der Waals surface area (Å²) in [5.74, 6) is -3.64. The van der Waals surface area contributed by atoms with Crippen molar-refractivity contribution in [2.24, 2.45) is 23.7 Å². The highest BCUT2D eigenvalue weighted by Crippen LogP contribution is 2.63. The molecule has 10 heteroatoms. The maximum atomic E-state index is 13.3. The van der Waals surface area contributed by atoms with Gasteiger partial charge in [0.05, 0.1) is 25.2 Å². The van der Waals surface area contributed by atoms with Crippen LogP contribution in [0.5, 0.6) is 0 Å². The molecule has 0 aromatic heterocycles. The number of aliphatic hydroxyl groups excluding tert-OH is 1. The van der Waals surface area contributed by atoms with Gasteiger partial charge in [-0.1, -0.05) is 13.8 Å². The maximum absolute atomic E-state index is 13.3. The van der Waals surface area contributed by atoms with Crippen LogP contribution in [0.15, 0.2) is 0 Å². The fraction of sp³-hybridized carbons (Fsp3) is 0.826. The van der Waals surface area contributed by atoms with E-state index in [9.17, 15) is 24.3 Å². The molecule has 3 N–H and O–H groups in total. The number of hydrogen-bond acceptors (Lipinski definition) is 8. The van der Waals surface area contributed by atoms with Crippen molar-refractivity contribution in [1.29, 1.82) is 0 Å². The molecule has 2 aliphatic carbocycles. The molecule has 2 aliphatic rings. The van der Waals surface area contributed by atoms with Crippen LogP contribution in [0.3, 0.4) is 0 Å². The van der Waals surface area contributed by atoms with Crippen molar-refractivity contribution in [3.63, 3.8) is 0 Å². The topological polar surface area (TPSA) is 140 Å². The second-order valence-electron chi connectivity index (χ2n) is 10.2. The standard InChI is InChI=1S/C23H38N2O8/c1-8-31-19(28)16-15-14(26)11-23(17(15)16,20(29)32-9-2)25-18(27)13(10-12(3)4)24-21(30)33-22(5,6)7/h12-17,26H,8-11H2,1-7H3,(H,24,30)(H,25,27)/t13-,14-,15-,16-,17-,23-/m0/s1. The van der Waals surface area contributed by atoms with Crippen molar-refractivity contribution < 1.29 is 38.5 Å². The van der Waals surface area contributed by atoms with Gasteiger partial charge in [-0.25, -0.2) is 9.59 Å². The Morgan fingerprint density at radius 3 is 2.21 bits per heavy atom. The average Bonchev–Trinajstić information content (AvgIpc) is 3.35. The van der Waals surface area contributed by atoms with E-state index in [4.69, 9.17) is 14.2 Å². The third kappa shape index (κ3) is 6.16. The number of amides is 2. The summed E-state index contributed by atoms with van der Waals surface area (Å²) in [4.78, 5) is 51.1. The van der Waals surface area contributed by atoms with E-state index in [-0.39, 0.29) is 25.6 Å². The van der Waals surface area contributed by atoms with Gasteiger partial charge in [0.25, 0.3) is 0 Å². The summed E-state index contributed by atoms with van der Waals surface area (Å²) in [6, 6.07) is -0.984. The molecule has 2 fully saturated rings. The Balaban J connectivity index is 2.29. The fourth-order valence-electron chi connectivity index (χ4n) is 4.72. The minimum absolute atomic E-state index is 0.0457. The Kier molecular flexibility index (Phi) is 8.37. The summed E-state index contributed by atoms with van der Waals surface area (Å²) < 4.78 is 15.6. The Morgan fingerprint density at radius 2 is 1.70 bits per heavy atom. The number of aliphatic hydroxyl groups is 1. The van der Waals surface area contributed by atoms with Gasteiger partial charge in [0.1, 0.15) is 17.2 Å². The second kappa shape index (κ2) is 10.3. The second-order valence-corrected chi connectivity index (χ2v) is 10.2. The summed E-state index contributed by atoms with van der Waals surface area (Å²) >= 11 is 0. The van der Waals surface area contributed by atoms with Gasteiger partial charge < -0.3 is 30.0 Å². The predicted octanol–water partition coefficient (Wildman–Crippen LogP) is 1.53. The quantitative estimate of drug-likeness (QED) is 0.340. The minimum Gasteiger partial charge on any atom is -0.466 e. The lowest BCUT2D eigenvalue weighted by atomic mass is 9.88. The number of hydrogen-bond donors (Lipinski definition) is 3. The van der Waals surface area contributed by atoms with Crippen molar-refractivity contribution in [3.8, 4) is 0 Å². The van der Waals surface area contributed by atoms with E-state index in [1.165, 1.54) is 0 Å². The molecular formula is C23H38N2O8. The van der Waals surface area contributed by atoms with Gasteiger partial charge in [-0.2, -0.15) is 0 Å². The summed E-state index contributed by atoms with van der Waals surface area (Å²) in [7, 11) is 0. The van der Waals surface area contributed by atoms with Crippen molar-refractivity contribution in [1.82, 2.24) is 10.6 Å². The number of ether oxygens (including phenoxy) is 3. The van der Waals surface area contributed by atoms with E-state index in [0.29, 0.717) is 6.42 Å². The van der Waals surface area contributed by atoms with Crippen LogP contribution in [0.4, 0.5) is 4.79 Å². The first-order chi connectivity index (χ1) is 15.3. The summed E-state index contributed by atoms with van der Waals surface area (Å²) in [6.07, 6.45) is -1.52. The van der Waals surface area contributed by atoms with Crippen molar-refractivity contribution >= 4 is 23.9 Å². The Morgan fingerprint density at radius 1 is 1.09 bits per heavy atom. The van der Waals surface area contributed by atoms with Crippen LogP contribution in [0, 0.1) is 23.7 Å². The van der Waals surface area contributed by atoms with Gasteiger partial charge in [-0.15, -0.1) is 0 Å². The van der Waals surface area contributed by atoms with Crippen molar-refractivity contribution in [2.45, 2.75) is 84.6 Å². The first-order valence-electron chi connectivity index (χ1n) is 11.6. The van der Waals surface area contributed by atoms with Crippen LogP contribution >= 0.6 is 0 Å². The zero-order chi connectivity index (χ0) is 25.1. The van der Waals surface area contributed by atoms with Gasteiger partial charge in [0.15, 0.2) is 0 Å². The lowest BCUT2D eigenvalue weighted by Gasteiger charge is -2.33. The molecule has 2 saturated carbocycles. The monoisotopic (exact) mass is 470 g/mol. The number of alkyl carbamates (subject to hydrolysis) is 1. The summed E-state index contributed by atoms with van der Waals surface area (Å²) in [5, 5.41) is 15.9. The number of fused-ring (bicyclic) bond motifs is 1. The fourth-order valence-corrected chi connectivity index (χ4v) is 4.72. The maximum Gasteiger partial charge on any atom is 0.408 e. The normalized spacial score (nSPS) is 29.0. The first-order valence-corrected chi connectivity index (χ1v) is 11.6. The highest BCUT2D eigenvalue weighted by atomic mass is 16.6. The zero-order valence-electron chi connectivity index (χ0n) is 20.6. The molecule has 0 saturated heterocycles. The molecule has 0 radical (unpaired) electrons. The number of carbonyl (C=O) groups is 4. The molecule has 0 aromatic rings. The average molecular weight is 471 g/mol. The Hall–Kier alpha value is -2.36. The SMILES string of the molecule is CCOC(=O)[C@H]1[C@H]2[C@@H]1[C@](NC(=O)[C@H](CC(C)C)NC(=O)OC(C)(C)C)(C(=O)OCC)C[C@@H]2O. The molecule has 6 atom stereocenters. The minimum atomic E-state index is -1.58. The van der Waals surface area contributed by atoms with Crippen LogP contribution in [0.25, 0.3) is 0 Å². The molecule has 10 nitrogen and oxygen atoms in total. The van der Waals surface area contributed by atoms with Gasteiger partial charge in [0.2, 0.25) is 5.91 Å². The van der Waals surface area contributed by atoms with Crippen LogP contribution < -0.4 is 10.6 Å². The third-order valence-corrected chi connectivity index (χ3v) is 5.88. The molecular weight excluding hydrogens is 432 g/mol. The third-order valence-electron chi connectivity index (χ3n) is 5.88. The predicted molar refractivity (Wildman–Crippen MR) is 118 cm³/mol. The highest BCUT2D eigenvalue weighted by Gasteiger charge is 2.76. The molecule has 0 bridgehead atoms. The lowest BCUT2D eigenvalue weighted by Crippen LogP contribution is -2.61. The molecule has 33 heavy (non-hydrogen) atoms. The molecule has 0 heterocycles. The van der Waals surface area contributed by atoms with E-state index in [1.807, 2.05) is 13.8 Å². The largest absolute Gasteiger partial charge is 0.466 e. The van der Waals surface area contributed by atoms with Gasteiger partial charge in [-0.05, 0) is 47.0 Å². The number of carbonyl (C=O) groups excluding carboxylic acids is 4. The Bertz CT molecular complexity index is 762. The molecule has 0 aromatic carbocycles. The summed E-state index contributed by atoms with van der Waals surface area (Å²) in [6.45, 7) is 12.5. The van der Waals surface area contributed by atoms with Crippen molar-refractivity contribution in [2.75, 3.05) is 13.2 Å². The number of esters is 2. The van der Waals surface area contributed by atoms with Crippen LogP contribution in [0.1, 0.15) is 61.3 Å². The van der Waals surface area contributed by atoms with E-state index in [0.717, 1.165) is 0 Å². The van der Waals surface area contributed by atoms with E-state index in [1.54, 1.807) is 34.6 Å². The van der Waals surface area contributed by atoms with Crippen molar-refractivity contribution in [3.05, 3.63) is 0 Å². The molecule has 2 amide bonds. The van der Waals surface area contributed by atoms with Gasteiger partial charge >= 0.3 is 18.0 Å². The highest BCUT2D eigenvalue weighted by molar-refractivity contribution is 5.94. The number of rotatable bonds is 9. The van der Waals surface area contributed by atoms with Gasteiger partial charge in [-0.3, -0.25) is 9.59 Å². The number of nitrogens with one attached hydrogen (secondary N) is 2. The molecule has 0 spiro atoms. The molecule has 2 rings (SSSR count). The van der Waals surface area contributed by atoms with Gasteiger partial charge in [0, 0.05) is 18.3 Å². The first kappa shape index (κ1) is 26.9. The molecule has 0 aliphatic heterocycles. The van der Waals surface area contributed by atoms with E-state index < -0.39 is 65.0 Å².